The molecule has 0 amide bonds. The highest BCUT2D eigenvalue weighted by atomic mass is 32.2. The number of nitrogens with zero attached hydrogens (tertiary/aromatic N) is 2. The number of ether oxygens (including phenoxy) is 1. The molecule has 9 heteroatoms. The highest BCUT2D eigenvalue weighted by Crippen LogP contribution is 2.31. The lowest BCUT2D eigenvalue weighted by Gasteiger charge is -2.25. The summed E-state index contributed by atoms with van der Waals surface area (Å²) >= 11 is 0. The van der Waals surface area contributed by atoms with Gasteiger partial charge in [-0.3, -0.25) is 14.4 Å². The number of carbonyl (C=O) groups is 1. The lowest BCUT2D eigenvalue weighted by atomic mass is 10.1. The van der Waals surface area contributed by atoms with Gasteiger partial charge in [0.1, 0.15) is 0 Å². The van der Waals surface area contributed by atoms with E-state index in [4.69, 9.17) is 0 Å². The fraction of sp³-hybridized carbons (Fsp3) is 0.150. The highest BCUT2D eigenvalue weighted by molar-refractivity contribution is 7.92. The van der Waals surface area contributed by atoms with Gasteiger partial charge in [0.25, 0.3) is 15.7 Å². The molecule has 0 bridgehead atoms. The van der Waals surface area contributed by atoms with Gasteiger partial charge in [0, 0.05) is 23.8 Å². The van der Waals surface area contributed by atoms with Gasteiger partial charge in [0.05, 0.1) is 29.2 Å². The Bertz CT molecular complexity index is 1060. The predicted octanol–water partition coefficient (Wildman–Crippen LogP) is 3.47. The van der Waals surface area contributed by atoms with Crippen molar-refractivity contribution in [2.24, 2.45) is 0 Å². The third kappa shape index (κ3) is 5.08. The van der Waals surface area contributed by atoms with Crippen molar-refractivity contribution in [3.63, 3.8) is 0 Å². The summed E-state index contributed by atoms with van der Waals surface area (Å²) in [5, 5.41) is 11.1. The number of carbonyl (C=O) groups excluding carboxylic acids is 1. The molecule has 29 heavy (non-hydrogen) atoms. The van der Waals surface area contributed by atoms with Crippen molar-refractivity contribution in [2.45, 2.75) is 11.8 Å². The summed E-state index contributed by atoms with van der Waals surface area (Å²) in [5.41, 5.74) is 0.985. The summed E-state index contributed by atoms with van der Waals surface area (Å²) in [5.74, 6) is -0.681. The van der Waals surface area contributed by atoms with E-state index in [1.54, 1.807) is 12.1 Å². The van der Waals surface area contributed by atoms with Gasteiger partial charge in [-0.2, -0.15) is 0 Å². The second-order valence-corrected chi connectivity index (χ2v) is 7.86. The summed E-state index contributed by atoms with van der Waals surface area (Å²) in [6.07, 6.45) is 3.74. The van der Waals surface area contributed by atoms with Crippen LogP contribution in [0.3, 0.4) is 0 Å². The van der Waals surface area contributed by atoms with Crippen molar-refractivity contribution >= 4 is 33.4 Å². The first-order chi connectivity index (χ1) is 13.7. The summed E-state index contributed by atoms with van der Waals surface area (Å²) in [4.78, 5) is 22.1. The number of hydrogen-bond donors (Lipinski definition) is 0. The Morgan fingerprint density at radius 3 is 2.45 bits per heavy atom. The number of esters is 1. The minimum atomic E-state index is -3.99. The molecule has 0 heterocycles. The fourth-order valence-electron chi connectivity index (χ4n) is 2.52. The zero-order valence-corrected chi connectivity index (χ0v) is 16.8. The van der Waals surface area contributed by atoms with Gasteiger partial charge in [-0.05, 0) is 31.2 Å². The average molecular weight is 416 g/mol. The summed E-state index contributed by atoms with van der Waals surface area (Å²) in [6, 6.07) is 10.0. The van der Waals surface area contributed by atoms with E-state index >= 15 is 0 Å². The van der Waals surface area contributed by atoms with Gasteiger partial charge in [0.15, 0.2) is 0 Å². The van der Waals surface area contributed by atoms with E-state index < -0.39 is 20.9 Å². The third-order valence-electron chi connectivity index (χ3n) is 3.99. The molecule has 0 atom stereocenters. The Hall–Kier alpha value is -3.46. The van der Waals surface area contributed by atoms with Crippen LogP contribution in [-0.2, 0) is 19.6 Å². The van der Waals surface area contributed by atoms with E-state index in [-0.39, 0.29) is 28.4 Å². The molecule has 0 radical (unpaired) electrons. The number of benzene rings is 2. The second kappa shape index (κ2) is 9.16. The molecule has 0 fully saturated rings. The third-order valence-corrected chi connectivity index (χ3v) is 5.79. The number of rotatable bonds is 8. The standard InChI is InChI=1S/C20H20N2O6S/c1-4-13-21(29(26,27)18-9-5-15(2)6-10-18)19-11-8-17(22(24)25)14-16(19)7-12-20(23)28-3/h4-12,14H,1,13H2,2-3H3/b12-7+. The number of sulfonamides is 1. The van der Waals surface area contributed by atoms with Crippen LogP contribution in [0.15, 0.2) is 66.1 Å². The first-order valence-electron chi connectivity index (χ1n) is 8.45. The molecular weight excluding hydrogens is 396 g/mol. The molecule has 0 unspecified atom stereocenters. The number of anilines is 1. The van der Waals surface area contributed by atoms with Crippen LogP contribution in [-0.4, -0.2) is 33.0 Å². The van der Waals surface area contributed by atoms with E-state index in [0.717, 1.165) is 15.9 Å². The van der Waals surface area contributed by atoms with Crippen LogP contribution >= 0.6 is 0 Å². The Balaban J connectivity index is 2.66. The maximum Gasteiger partial charge on any atom is 0.330 e. The van der Waals surface area contributed by atoms with Crippen LogP contribution in [0.4, 0.5) is 11.4 Å². The predicted molar refractivity (Wildman–Crippen MR) is 110 cm³/mol. The minimum absolute atomic E-state index is 0.0613. The largest absolute Gasteiger partial charge is 0.466 e. The molecule has 0 aliphatic rings. The summed E-state index contributed by atoms with van der Waals surface area (Å²) < 4.78 is 32.1. The van der Waals surface area contributed by atoms with Gasteiger partial charge in [-0.1, -0.05) is 23.8 Å². The molecule has 0 spiro atoms. The Morgan fingerprint density at radius 1 is 1.24 bits per heavy atom. The molecule has 0 N–H and O–H groups in total. The van der Waals surface area contributed by atoms with E-state index in [2.05, 4.69) is 11.3 Å². The van der Waals surface area contributed by atoms with Gasteiger partial charge in [-0.15, -0.1) is 6.58 Å². The van der Waals surface area contributed by atoms with Crippen molar-refractivity contribution in [1.82, 2.24) is 0 Å². The molecule has 2 rings (SSSR count). The molecule has 0 aliphatic heterocycles. The molecule has 0 saturated carbocycles. The Labute approximate surface area is 168 Å². The van der Waals surface area contributed by atoms with E-state index in [1.165, 1.54) is 49.6 Å². The van der Waals surface area contributed by atoms with E-state index in [0.29, 0.717) is 0 Å². The second-order valence-electron chi connectivity index (χ2n) is 5.99. The number of aryl methyl sites for hydroxylation is 1. The first kappa shape index (κ1) is 21.8. The van der Waals surface area contributed by atoms with Crippen molar-refractivity contribution < 1.29 is 22.9 Å². The van der Waals surface area contributed by atoms with Gasteiger partial charge in [-0.25, -0.2) is 13.2 Å². The first-order valence-corrected chi connectivity index (χ1v) is 9.89. The molecule has 0 aromatic heterocycles. The Kier molecular flexibility index (Phi) is 6.89. The maximum atomic E-state index is 13.2. The van der Waals surface area contributed by atoms with E-state index in [9.17, 15) is 23.3 Å². The van der Waals surface area contributed by atoms with Gasteiger partial charge >= 0.3 is 5.97 Å². The minimum Gasteiger partial charge on any atom is -0.466 e. The maximum absolute atomic E-state index is 13.2. The highest BCUT2D eigenvalue weighted by Gasteiger charge is 2.26. The molecule has 152 valence electrons. The van der Waals surface area contributed by atoms with Gasteiger partial charge in [0.2, 0.25) is 0 Å². The van der Waals surface area contributed by atoms with E-state index in [1.807, 2.05) is 6.92 Å². The molecule has 0 aliphatic carbocycles. The lowest BCUT2D eigenvalue weighted by molar-refractivity contribution is -0.384. The van der Waals surface area contributed by atoms with Crippen LogP contribution in [0, 0.1) is 17.0 Å². The number of non-ortho nitro benzene ring substituents is 1. The zero-order valence-electron chi connectivity index (χ0n) is 15.9. The van der Waals surface area contributed by atoms with Crippen LogP contribution < -0.4 is 4.31 Å². The number of methoxy groups -OCH3 is 1. The van der Waals surface area contributed by atoms with Crippen LogP contribution in [0.25, 0.3) is 6.08 Å². The molecule has 0 saturated heterocycles. The van der Waals surface area contributed by atoms with Crippen LogP contribution in [0.1, 0.15) is 11.1 Å². The summed E-state index contributed by atoms with van der Waals surface area (Å²) in [6.45, 7) is 5.36. The molecule has 8 nitrogen and oxygen atoms in total. The Morgan fingerprint density at radius 2 is 1.90 bits per heavy atom. The van der Waals surface area contributed by atoms with Crippen molar-refractivity contribution in [1.29, 1.82) is 0 Å². The van der Waals surface area contributed by atoms with Crippen molar-refractivity contribution in [3.8, 4) is 0 Å². The number of nitro groups is 1. The number of hydrogen-bond acceptors (Lipinski definition) is 6. The fourth-order valence-corrected chi connectivity index (χ4v) is 3.98. The van der Waals surface area contributed by atoms with Gasteiger partial charge < -0.3 is 4.74 Å². The quantitative estimate of drug-likeness (QED) is 0.214. The number of nitro benzene ring substituents is 1. The molecule has 2 aromatic carbocycles. The monoisotopic (exact) mass is 416 g/mol. The van der Waals surface area contributed by atoms with Crippen molar-refractivity contribution in [2.75, 3.05) is 18.0 Å². The SMILES string of the molecule is C=CCN(c1ccc([N+](=O)[O-])cc1/C=C/C(=O)OC)S(=O)(=O)c1ccc(C)cc1. The summed E-state index contributed by atoms with van der Waals surface area (Å²) in [7, 11) is -2.80. The molecular formula is C20H20N2O6S. The van der Waals surface area contributed by atoms with Crippen LogP contribution in [0.2, 0.25) is 0 Å². The normalized spacial score (nSPS) is 11.2. The molecule has 2 aromatic rings. The topological polar surface area (TPSA) is 107 Å². The van der Waals surface area contributed by atoms with Crippen LogP contribution in [0.5, 0.6) is 0 Å². The average Bonchev–Trinajstić information content (AvgIpc) is 2.70. The lowest BCUT2D eigenvalue weighted by Crippen LogP contribution is -2.31. The smallest absolute Gasteiger partial charge is 0.330 e. The van der Waals surface area contributed by atoms with Crippen molar-refractivity contribution in [3.05, 3.63) is 82.4 Å². The zero-order chi connectivity index (χ0) is 21.6.